The van der Waals surface area contributed by atoms with Gasteiger partial charge in [-0.05, 0) is 31.0 Å². The lowest BCUT2D eigenvalue weighted by Gasteiger charge is -2.34. The van der Waals surface area contributed by atoms with Gasteiger partial charge in [-0.25, -0.2) is 9.97 Å². The second kappa shape index (κ2) is 7.44. The van der Waals surface area contributed by atoms with Gasteiger partial charge in [0.2, 0.25) is 11.9 Å². The lowest BCUT2D eigenvalue weighted by molar-refractivity contribution is -0.132. The van der Waals surface area contributed by atoms with Crippen molar-refractivity contribution in [3.05, 3.63) is 53.2 Å². The van der Waals surface area contributed by atoms with Gasteiger partial charge in [0, 0.05) is 43.7 Å². The first-order valence-electron chi connectivity index (χ1n) is 10.2. The van der Waals surface area contributed by atoms with Crippen molar-refractivity contribution in [1.29, 1.82) is 0 Å². The van der Waals surface area contributed by atoms with Gasteiger partial charge in [-0.15, -0.1) is 0 Å². The summed E-state index contributed by atoms with van der Waals surface area (Å²) in [5.74, 6) is 1.83. The molecule has 1 aromatic carbocycles. The molecule has 8 heteroatoms. The van der Waals surface area contributed by atoms with E-state index in [0.29, 0.717) is 54.9 Å². The largest absolute Gasteiger partial charge is 0.496 e. The number of amides is 1. The predicted octanol–water partition coefficient (Wildman–Crippen LogP) is 1.85. The Morgan fingerprint density at radius 1 is 1.03 bits per heavy atom. The molecule has 0 bridgehead atoms. The molecule has 1 aliphatic heterocycles. The third-order valence-electron chi connectivity index (χ3n) is 5.83. The smallest absolute Gasteiger partial charge is 0.263 e. The molecule has 2 fully saturated rings. The van der Waals surface area contributed by atoms with Crippen LogP contribution in [-0.4, -0.2) is 58.6 Å². The summed E-state index contributed by atoms with van der Waals surface area (Å²) in [6, 6.07) is 7.29. The summed E-state index contributed by atoms with van der Waals surface area (Å²) in [6.45, 7) is 2.83. The van der Waals surface area contributed by atoms with Gasteiger partial charge in [0.05, 0.1) is 30.6 Å². The van der Waals surface area contributed by atoms with E-state index in [-0.39, 0.29) is 11.5 Å². The highest BCUT2D eigenvalue weighted by atomic mass is 16.5. The van der Waals surface area contributed by atoms with Crippen LogP contribution >= 0.6 is 0 Å². The fourth-order valence-corrected chi connectivity index (χ4v) is 3.95. The molecule has 5 rings (SSSR count). The van der Waals surface area contributed by atoms with Crippen molar-refractivity contribution in [2.24, 2.45) is 5.92 Å². The maximum atomic E-state index is 12.9. The normalized spacial score (nSPS) is 16.7. The fraction of sp³-hybridized carbons (Fsp3) is 0.364. The Morgan fingerprint density at radius 2 is 1.77 bits per heavy atom. The minimum absolute atomic E-state index is 0.144. The fourth-order valence-electron chi connectivity index (χ4n) is 3.95. The molecule has 1 saturated carbocycles. The lowest BCUT2D eigenvalue weighted by atomic mass is 10.1. The number of hydrogen-bond acceptors (Lipinski definition) is 6. The molecule has 3 aromatic rings. The second-order valence-electron chi connectivity index (χ2n) is 7.74. The molecule has 0 N–H and O–H groups in total. The number of fused-ring (bicyclic) bond motifs is 1. The second-order valence-corrected chi connectivity index (χ2v) is 7.74. The van der Waals surface area contributed by atoms with Gasteiger partial charge in [0.15, 0.2) is 0 Å². The van der Waals surface area contributed by atoms with Gasteiger partial charge in [0.25, 0.3) is 5.56 Å². The van der Waals surface area contributed by atoms with E-state index in [1.54, 1.807) is 37.8 Å². The number of pyridine rings is 1. The summed E-state index contributed by atoms with van der Waals surface area (Å²) in [5.41, 5.74) is 0.464. The molecule has 1 aliphatic carbocycles. The van der Waals surface area contributed by atoms with Crippen LogP contribution in [0.4, 0.5) is 5.95 Å². The Morgan fingerprint density at radius 3 is 2.43 bits per heavy atom. The van der Waals surface area contributed by atoms with Gasteiger partial charge in [0.1, 0.15) is 5.75 Å². The third-order valence-corrected chi connectivity index (χ3v) is 5.83. The summed E-state index contributed by atoms with van der Waals surface area (Å²) in [5, 5.41) is 1.36. The Hall–Kier alpha value is -3.42. The van der Waals surface area contributed by atoms with Gasteiger partial charge < -0.3 is 14.5 Å². The Labute approximate surface area is 173 Å². The molecular formula is C22H23N5O3. The zero-order valence-corrected chi connectivity index (χ0v) is 16.8. The number of piperazine rings is 1. The van der Waals surface area contributed by atoms with Crippen LogP contribution in [-0.2, 0) is 4.79 Å². The third kappa shape index (κ3) is 3.28. The molecule has 1 amide bonds. The maximum Gasteiger partial charge on any atom is 0.263 e. The first-order valence-corrected chi connectivity index (χ1v) is 10.2. The quantitative estimate of drug-likeness (QED) is 0.659. The highest BCUT2D eigenvalue weighted by molar-refractivity contribution is 5.87. The molecule has 0 spiro atoms. The number of carbonyl (C=O) groups is 1. The molecule has 0 radical (unpaired) electrons. The summed E-state index contributed by atoms with van der Waals surface area (Å²) in [4.78, 5) is 38.1. The van der Waals surface area contributed by atoms with E-state index < -0.39 is 0 Å². The van der Waals surface area contributed by atoms with E-state index in [4.69, 9.17) is 4.74 Å². The zero-order chi connectivity index (χ0) is 20.7. The molecule has 8 nitrogen and oxygen atoms in total. The molecule has 0 unspecified atom stereocenters. The van der Waals surface area contributed by atoms with Crippen LogP contribution in [0.15, 0.2) is 47.7 Å². The molecule has 1 saturated heterocycles. The number of aromatic nitrogens is 3. The van der Waals surface area contributed by atoms with Crippen molar-refractivity contribution in [3.63, 3.8) is 0 Å². The van der Waals surface area contributed by atoms with Crippen LogP contribution in [0.25, 0.3) is 16.5 Å². The maximum absolute atomic E-state index is 12.9. The summed E-state index contributed by atoms with van der Waals surface area (Å²) < 4.78 is 6.89. The number of nitrogens with zero attached hydrogens (tertiary/aromatic N) is 5. The van der Waals surface area contributed by atoms with Crippen molar-refractivity contribution in [1.82, 2.24) is 19.4 Å². The zero-order valence-electron chi connectivity index (χ0n) is 16.8. The van der Waals surface area contributed by atoms with Crippen LogP contribution < -0.4 is 15.2 Å². The topological polar surface area (TPSA) is 80.6 Å². The number of hydrogen-bond donors (Lipinski definition) is 0. The molecule has 0 atom stereocenters. The minimum atomic E-state index is -0.144. The standard InChI is InChI=1S/C22H23N5O3/c1-30-19-4-2-3-18-17(19)7-8-27(21(18)29)16-13-23-22(24-14-16)26-11-9-25(10-12-26)20(28)15-5-6-15/h2-4,7-8,13-15H,5-6,9-12H2,1H3. The predicted molar refractivity (Wildman–Crippen MR) is 113 cm³/mol. The summed E-state index contributed by atoms with van der Waals surface area (Å²) in [7, 11) is 1.59. The van der Waals surface area contributed by atoms with Crippen molar-refractivity contribution < 1.29 is 9.53 Å². The monoisotopic (exact) mass is 405 g/mol. The van der Waals surface area contributed by atoms with Gasteiger partial charge in [-0.3, -0.25) is 14.2 Å². The highest BCUT2D eigenvalue weighted by Crippen LogP contribution is 2.31. The van der Waals surface area contributed by atoms with Crippen molar-refractivity contribution in [2.45, 2.75) is 12.8 Å². The number of rotatable bonds is 4. The van der Waals surface area contributed by atoms with E-state index in [1.165, 1.54) is 4.57 Å². The Bertz CT molecular complexity index is 1150. The summed E-state index contributed by atoms with van der Waals surface area (Å²) in [6.07, 6.45) is 7.11. The van der Waals surface area contributed by atoms with Gasteiger partial charge in [-0.2, -0.15) is 0 Å². The molecule has 154 valence electrons. The van der Waals surface area contributed by atoms with E-state index in [9.17, 15) is 9.59 Å². The van der Waals surface area contributed by atoms with Crippen molar-refractivity contribution in [3.8, 4) is 11.4 Å². The van der Waals surface area contributed by atoms with Crippen molar-refractivity contribution in [2.75, 3.05) is 38.2 Å². The van der Waals surface area contributed by atoms with Gasteiger partial charge in [-0.1, -0.05) is 6.07 Å². The highest BCUT2D eigenvalue weighted by Gasteiger charge is 2.34. The Balaban J connectivity index is 1.35. The number of methoxy groups -OCH3 is 1. The molecular weight excluding hydrogens is 382 g/mol. The molecule has 3 heterocycles. The van der Waals surface area contributed by atoms with E-state index in [0.717, 1.165) is 18.2 Å². The number of benzene rings is 1. The van der Waals surface area contributed by atoms with Gasteiger partial charge >= 0.3 is 0 Å². The van der Waals surface area contributed by atoms with E-state index in [1.807, 2.05) is 17.0 Å². The Kier molecular flexibility index (Phi) is 4.61. The first-order chi connectivity index (χ1) is 14.7. The molecule has 30 heavy (non-hydrogen) atoms. The number of carbonyl (C=O) groups excluding carboxylic acids is 1. The van der Waals surface area contributed by atoms with E-state index in [2.05, 4.69) is 14.9 Å². The first kappa shape index (κ1) is 18.6. The average Bonchev–Trinajstić information content (AvgIpc) is 3.64. The number of ether oxygens (including phenoxy) is 1. The lowest BCUT2D eigenvalue weighted by Crippen LogP contribution is -2.49. The van der Waals surface area contributed by atoms with Crippen LogP contribution in [0.5, 0.6) is 5.75 Å². The van der Waals surface area contributed by atoms with Crippen LogP contribution in [0.1, 0.15) is 12.8 Å². The van der Waals surface area contributed by atoms with Crippen LogP contribution in [0.2, 0.25) is 0 Å². The van der Waals surface area contributed by atoms with Crippen molar-refractivity contribution >= 4 is 22.6 Å². The van der Waals surface area contributed by atoms with Crippen LogP contribution in [0.3, 0.4) is 0 Å². The number of anilines is 1. The molecule has 2 aromatic heterocycles. The minimum Gasteiger partial charge on any atom is -0.496 e. The molecule has 2 aliphatic rings. The average molecular weight is 405 g/mol. The van der Waals surface area contributed by atoms with E-state index >= 15 is 0 Å². The SMILES string of the molecule is COc1cccc2c(=O)n(-c3cnc(N4CCN(C(=O)C5CC5)CC4)nc3)ccc12. The summed E-state index contributed by atoms with van der Waals surface area (Å²) >= 11 is 0. The van der Waals surface area contributed by atoms with Crippen LogP contribution in [0, 0.1) is 5.92 Å².